The minimum absolute atomic E-state index is 0.427. The largest absolute Gasteiger partial charge is 0.464 e. The summed E-state index contributed by atoms with van der Waals surface area (Å²) in [5.41, 5.74) is 0.853. The van der Waals surface area contributed by atoms with E-state index < -0.39 is 0 Å². The van der Waals surface area contributed by atoms with E-state index in [9.17, 15) is 0 Å². The zero-order chi connectivity index (χ0) is 10.7. The fraction of sp³-hybridized carbons (Fsp3) is 0.364. The molecule has 0 saturated heterocycles. The molecule has 15 heavy (non-hydrogen) atoms. The Morgan fingerprint density at radius 1 is 1.53 bits per heavy atom. The number of aromatic nitrogens is 1. The highest BCUT2D eigenvalue weighted by Crippen LogP contribution is 2.21. The summed E-state index contributed by atoms with van der Waals surface area (Å²) in [5, 5.41) is 4.28. The third-order valence-corrected chi connectivity index (χ3v) is 2.79. The van der Waals surface area contributed by atoms with Gasteiger partial charge < -0.3 is 9.73 Å². The van der Waals surface area contributed by atoms with Crippen LogP contribution < -0.4 is 5.32 Å². The van der Waals surface area contributed by atoms with Crippen LogP contribution in [0.2, 0.25) is 0 Å². The highest BCUT2D eigenvalue weighted by Gasteiger charge is 2.05. The molecule has 1 atom stereocenters. The predicted molar refractivity (Wildman–Crippen MR) is 62.4 cm³/mol. The normalized spacial score (nSPS) is 12.9. The molecule has 0 fully saturated rings. The van der Waals surface area contributed by atoms with Crippen LogP contribution in [-0.2, 0) is 0 Å². The van der Waals surface area contributed by atoms with Gasteiger partial charge in [-0.3, -0.25) is 0 Å². The van der Waals surface area contributed by atoms with Gasteiger partial charge in [0, 0.05) is 18.6 Å². The Bertz CT molecular complexity index is 441. The third kappa shape index (κ3) is 2.23. The minimum Gasteiger partial charge on any atom is -0.464 e. The van der Waals surface area contributed by atoms with Crippen LogP contribution in [0.4, 0.5) is 5.82 Å². The number of alkyl halides is 1. The lowest BCUT2D eigenvalue weighted by molar-refractivity contribution is 0.615. The van der Waals surface area contributed by atoms with E-state index >= 15 is 0 Å². The number of nitrogens with zero attached hydrogens (tertiary/aromatic N) is 1. The van der Waals surface area contributed by atoms with Crippen molar-refractivity contribution in [2.24, 2.45) is 5.92 Å². The average Bonchev–Trinajstić information content (AvgIpc) is 2.74. The molecule has 2 aromatic heterocycles. The SMILES string of the molecule is CC(CCl)CNc1nccc2occc12. The van der Waals surface area contributed by atoms with Gasteiger partial charge in [-0.05, 0) is 18.1 Å². The molecule has 2 aromatic rings. The molecule has 3 nitrogen and oxygen atoms in total. The van der Waals surface area contributed by atoms with Crippen molar-refractivity contribution in [3.63, 3.8) is 0 Å². The minimum atomic E-state index is 0.427. The first-order chi connectivity index (χ1) is 7.31. The standard InChI is InChI=1S/C11H13ClN2O/c1-8(6-12)7-14-11-9-3-5-15-10(9)2-4-13-11/h2-5,8H,6-7H2,1H3,(H,13,14). The Labute approximate surface area is 93.4 Å². The number of fused-ring (bicyclic) bond motifs is 1. The Morgan fingerprint density at radius 3 is 3.20 bits per heavy atom. The maximum atomic E-state index is 5.74. The molecule has 0 aromatic carbocycles. The maximum Gasteiger partial charge on any atom is 0.139 e. The van der Waals surface area contributed by atoms with Crippen molar-refractivity contribution in [2.75, 3.05) is 17.7 Å². The van der Waals surface area contributed by atoms with E-state index in [0.29, 0.717) is 11.8 Å². The molecule has 0 spiro atoms. The summed E-state index contributed by atoms with van der Waals surface area (Å²) in [4.78, 5) is 4.27. The molecular weight excluding hydrogens is 212 g/mol. The second-order valence-electron chi connectivity index (χ2n) is 3.63. The molecule has 0 radical (unpaired) electrons. The quantitative estimate of drug-likeness (QED) is 0.811. The Kier molecular flexibility index (Phi) is 3.11. The number of halogens is 1. The van der Waals surface area contributed by atoms with Gasteiger partial charge in [-0.1, -0.05) is 6.92 Å². The van der Waals surface area contributed by atoms with Gasteiger partial charge in [0.05, 0.1) is 11.6 Å². The summed E-state index contributed by atoms with van der Waals surface area (Å²) in [7, 11) is 0. The molecule has 80 valence electrons. The average molecular weight is 225 g/mol. The summed E-state index contributed by atoms with van der Waals surface area (Å²) >= 11 is 5.74. The lowest BCUT2D eigenvalue weighted by Crippen LogP contribution is -2.13. The zero-order valence-electron chi connectivity index (χ0n) is 8.53. The second kappa shape index (κ2) is 4.53. The number of pyridine rings is 1. The first-order valence-electron chi connectivity index (χ1n) is 4.93. The van der Waals surface area contributed by atoms with Crippen LogP contribution in [0.1, 0.15) is 6.92 Å². The fourth-order valence-corrected chi connectivity index (χ4v) is 1.47. The highest BCUT2D eigenvalue weighted by atomic mass is 35.5. The third-order valence-electron chi connectivity index (χ3n) is 2.26. The number of anilines is 1. The van der Waals surface area contributed by atoms with Crippen LogP contribution in [-0.4, -0.2) is 17.4 Å². The fourth-order valence-electron chi connectivity index (χ4n) is 1.36. The number of hydrogen-bond acceptors (Lipinski definition) is 3. The van der Waals surface area contributed by atoms with E-state index in [4.69, 9.17) is 16.0 Å². The van der Waals surface area contributed by atoms with Gasteiger partial charge in [0.1, 0.15) is 11.4 Å². The van der Waals surface area contributed by atoms with Gasteiger partial charge in [0.2, 0.25) is 0 Å². The van der Waals surface area contributed by atoms with E-state index in [1.54, 1.807) is 12.5 Å². The monoisotopic (exact) mass is 224 g/mol. The van der Waals surface area contributed by atoms with Crippen molar-refractivity contribution in [3.05, 3.63) is 24.6 Å². The zero-order valence-corrected chi connectivity index (χ0v) is 9.29. The van der Waals surface area contributed by atoms with E-state index in [1.807, 2.05) is 12.1 Å². The number of nitrogens with one attached hydrogen (secondary N) is 1. The maximum absolute atomic E-state index is 5.74. The molecule has 0 saturated carbocycles. The van der Waals surface area contributed by atoms with Gasteiger partial charge in [-0.15, -0.1) is 11.6 Å². The van der Waals surface area contributed by atoms with E-state index in [0.717, 1.165) is 23.3 Å². The van der Waals surface area contributed by atoms with E-state index in [2.05, 4.69) is 17.2 Å². The van der Waals surface area contributed by atoms with Crippen LogP contribution in [0.3, 0.4) is 0 Å². The van der Waals surface area contributed by atoms with Crippen LogP contribution >= 0.6 is 11.6 Å². The summed E-state index contributed by atoms with van der Waals surface area (Å²) in [6.07, 6.45) is 3.40. The number of hydrogen-bond donors (Lipinski definition) is 1. The van der Waals surface area contributed by atoms with Gasteiger partial charge in [-0.2, -0.15) is 0 Å². The van der Waals surface area contributed by atoms with E-state index in [-0.39, 0.29) is 0 Å². The molecular formula is C11H13ClN2O. The first kappa shape index (κ1) is 10.3. The van der Waals surface area contributed by atoms with Crippen LogP contribution in [0.25, 0.3) is 11.0 Å². The lowest BCUT2D eigenvalue weighted by atomic mass is 10.2. The van der Waals surface area contributed by atoms with Crippen molar-refractivity contribution in [1.29, 1.82) is 0 Å². The molecule has 0 aliphatic rings. The summed E-state index contributed by atoms with van der Waals surface area (Å²) in [5.74, 6) is 1.93. The van der Waals surface area contributed by atoms with Gasteiger partial charge in [0.25, 0.3) is 0 Å². The van der Waals surface area contributed by atoms with Crippen LogP contribution in [0, 0.1) is 5.92 Å². The van der Waals surface area contributed by atoms with E-state index in [1.165, 1.54) is 0 Å². The summed E-state index contributed by atoms with van der Waals surface area (Å²) in [6, 6.07) is 3.77. The van der Waals surface area contributed by atoms with Crippen molar-refractivity contribution in [1.82, 2.24) is 4.98 Å². The number of furan rings is 1. The molecule has 0 aliphatic carbocycles. The van der Waals surface area contributed by atoms with Crippen LogP contribution in [0.5, 0.6) is 0 Å². The molecule has 0 bridgehead atoms. The smallest absolute Gasteiger partial charge is 0.139 e. The van der Waals surface area contributed by atoms with Gasteiger partial charge in [-0.25, -0.2) is 4.98 Å². The van der Waals surface area contributed by atoms with Crippen molar-refractivity contribution < 1.29 is 4.42 Å². The second-order valence-corrected chi connectivity index (χ2v) is 3.94. The molecule has 1 unspecified atom stereocenters. The Hall–Kier alpha value is -1.22. The molecule has 4 heteroatoms. The number of rotatable bonds is 4. The van der Waals surface area contributed by atoms with Crippen molar-refractivity contribution in [2.45, 2.75) is 6.92 Å². The van der Waals surface area contributed by atoms with Crippen molar-refractivity contribution >= 4 is 28.4 Å². The summed E-state index contributed by atoms with van der Waals surface area (Å²) < 4.78 is 5.29. The Morgan fingerprint density at radius 2 is 2.40 bits per heavy atom. The topological polar surface area (TPSA) is 38.1 Å². The van der Waals surface area contributed by atoms with Crippen LogP contribution in [0.15, 0.2) is 29.0 Å². The molecule has 0 aliphatic heterocycles. The highest BCUT2D eigenvalue weighted by molar-refractivity contribution is 6.18. The molecule has 2 rings (SSSR count). The molecule has 0 amide bonds. The predicted octanol–water partition coefficient (Wildman–Crippen LogP) is 3.11. The van der Waals surface area contributed by atoms with Gasteiger partial charge >= 0.3 is 0 Å². The summed E-state index contributed by atoms with van der Waals surface area (Å²) in [6.45, 7) is 2.91. The molecule has 2 heterocycles. The van der Waals surface area contributed by atoms with Crippen molar-refractivity contribution in [3.8, 4) is 0 Å². The van der Waals surface area contributed by atoms with Gasteiger partial charge in [0.15, 0.2) is 0 Å². The molecule has 1 N–H and O–H groups in total. The Balaban J connectivity index is 2.17. The first-order valence-corrected chi connectivity index (χ1v) is 5.46. The lowest BCUT2D eigenvalue weighted by Gasteiger charge is -2.09.